The summed E-state index contributed by atoms with van der Waals surface area (Å²) >= 11 is 0. The molecule has 0 N–H and O–H groups in total. The van der Waals surface area contributed by atoms with Gasteiger partial charge in [-0.2, -0.15) is 0 Å². The number of ether oxygens (including phenoxy) is 2. The van der Waals surface area contributed by atoms with Crippen molar-refractivity contribution >= 4 is 21.8 Å². The molecule has 4 rings (SSSR count). The minimum atomic E-state index is 0.255. The summed E-state index contributed by atoms with van der Waals surface area (Å²) in [6, 6.07) is 16.2. The molecule has 0 spiro atoms. The summed E-state index contributed by atoms with van der Waals surface area (Å²) in [5.41, 5.74) is 1.93. The Balaban J connectivity index is 1.95. The summed E-state index contributed by atoms with van der Waals surface area (Å²) < 4.78 is 11.2. The normalized spacial score (nSPS) is 17.8. The SMILES string of the molecule is c1ccc2c(OCC3CO3)c3ccccc3nc2c1. The number of nitrogens with zero attached hydrogens (tertiary/aromatic N) is 1. The van der Waals surface area contributed by atoms with Gasteiger partial charge in [-0.1, -0.05) is 24.3 Å². The van der Waals surface area contributed by atoms with E-state index in [1.807, 2.05) is 36.4 Å². The average Bonchev–Trinajstić information content (AvgIpc) is 3.27. The first-order valence-electron chi connectivity index (χ1n) is 6.44. The van der Waals surface area contributed by atoms with Gasteiger partial charge in [-0.05, 0) is 24.3 Å². The first-order valence-corrected chi connectivity index (χ1v) is 6.44. The smallest absolute Gasteiger partial charge is 0.138 e. The predicted molar refractivity (Wildman–Crippen MR) is 74.5 cm³/mol. The molecule has 0 aliphatic carbocycles. The quantitative estimate of drug-likeness (QED) is 0.529. The lowest BCUT2D eigenvalue weighted by Crippen LogP contribution is -2.05. The lowest BCUT2D eigenvalue weighted by atomic mass is 10.1. The van der Waals surface area contributed by atoms with Gasteiger partial charge in [0.25, 0.3) is 0 Å². The van der Waals surface area contributed by atoms with Gasteiger partial charge in [0.1, 0.15) is 18.5 Å². The standard InChI is InChI=1S/C16H13NO2/c1-3-7-14-12(5-1)16(19-10-11-9-18-11)13-6-2-4-8-15(13)17-14/h1-8,11H,9-10H2. The van der Waals surface area contributed by atoms with Gasteiger partial charge in [0.05, 0.1) is 17.6 Å². The summed E-state index contributed by atoms with van der Waals surface area (Å²) in [4.78, 5) is 4.67. The first kappa shape index (κ1) is 10.8. The Kier molecular flexibility index (Phi) is 2.38. The van der Waals surface area contributed by atoms with Crippen LogP contribution in [0.3, 0.4) is 0 Å². The first-order chi connectivity index (χ1) is 9.42. The molecule has 3 nitrogen and oxygen atoms in total. The molecule has 0 bridgehead atoms. The molecule has 1 atom stereocenters. The fraction of sp³-hybridized carbons (Fsp3) is 0.188. The van der Waals surface area contributed by atoms with E-state index < -0.39 is 0 Å². The van der Waals surface area contributed by atoms with E-state index in [4.69, 9.17) is 9.47 Å². The van der Waals surface area contributed by atoms with Gasteiger partial charge >= 0.3 is 0 Å². The maximum Gasteiger partial charge on any atom is 0.138 e. The highest BCUT2D eigenvalue weighted by molar-refractivity contribution is 6.00. The third kappa shape index (κ3) is 1.92. The molecule has 1 aliphatic heterocycles. The fourth-order valence-electron chi connectivity index (χ4n) is 2.30. The van der Waals surface area contributed by atoms with E-state index in [0.717, 1.165) is 34.2 Å². The van der Waals surface area contributed by atoms with Crippen molar-refractivity contribution in [2.75, 3.05) is 13.2 Å². The van der Waals surface area contributed by atoms with E-state index in [0.29, 0.717) is 6.61 Å². The molecule has 0 saturated carbocycles. The number of aromatic nitrogens is 1. The maximum absolute atomic E-state index is 5.99. The summed E-state index contributed by atoms with van der Waals surface area (Å²) in [6.07, 6.45) is 0.255. The van der Waals surface area contributed by atoms with E-state index in [1.54, 1.807) is 0 Å². The van der Waals surface area contributed by atoms with Gasteiger partial charge in [0, 0.05) is 10.8 Å². The van der Waals surface area contributed by atoms with Crippen LogP contribution in [0.5, 0.6) is 5.75 Å². The van der Waals surface area contributed by atoms with E-state index in [2.05, 4.69) is 17.1 Å². The molecular weight excluding hydrogens is 238 g/mol. The summed E-state index contributed by atoms with van der Waals surface area (Å²) in [7, 11) is 0. The highest BCUT2D eigenvalue weighted by atomic mass is 16.6. The highest BCUT2D eigenvalue weighted by Gasteiger charge is 2.24. The molecule has 1 fully saturated rings. The molecule has 2 aromatic carbocycles. The molecule has 2 heterocycles. The van der Waals surface area contributed by atoms with Crippen LogP contribution in [0.1, 0.15) is 0 Å². The van der Waals surface area contributed by atoms with Crippen LogP contribution < -0.4 is 4.74 Å². The zero-order chi connectivity index (χ0) is 12.7. The molecule has 94 valence electrons. The van der Waals surface area contributed by atoms with Crippen molar-refractivity contribution in [1.29, 1.82) is 0 Å². The molecule has 0 radical (unpaired) electrons. The van der Waals surface area contributed by atoms with Crippen LogP contribution in [0.25, 0.3) is 21.8 Å². The monoisotopic (exact) mass is 251 g/mol. The van der Waals surface area contributed by atoms with Crippen LogP contribution in [-0.2, 0) is 4.74 Å². The number of rotatable bonds is 3. The van der Waals surface area contributed by atoms with E-state index in [9.17, 15) is 0 Å². The minimum absolute atomic E-state index is 0.255. The number of hydrogen-bond donors (Lipinski definition) is 0. The van der Waals surface area contributed by atoms with Gasteiger partial charge in [-0.25, -0.2) is 4.98 Å². The molecule has 1 aromatic heterocycles. The van der Waals surface area contributed by atoms with Gasteiger partial charge in [0.2, 0.25) is 0 Å². The lowest BCUT2D eigenvalue weighted by Gasteiger charge is -2.11. The second kappa shape index (κ2) is 4.21. The van der Waals surface area contributed by atoms with E-state index >= 15 is 0 Å². The van der Waals surface area contributed by atoms with Gasteiger partial charge < -0.3 is 9.47 Å². The van der Waals surface area contributed by atoms with Crippen molar-refractivity contribution in [3.63, 3.8) is 0 Å². The van der Waals surface area contributed by atoms with Crippen molar-refractivity contribution in [3.8, 4) is 5.75 Å². The topological polar surface area (TPSA) is 34.6 Å². The van der Waals surface area contributed by atoms with Crippen molar-refractivity contribution < 1.29 is 9.47 Å². The van der Waals surface area contributed by atoms with Crippen LogP contribution in [0, 0.1) is 0 Å². The second-order valence-corrected chi connectivity index (χ2v) is 4.74. The molecule has 1 saturated heterocycles. The second-order valence-electron chi connectivity index (χ2n) is 4.74. The number of pyridine rings is 1. The lowest BCUT2D eigenvalue weighted by molar-refractivity contribution is 0.267. The van der Waals surface area contributed by atoms with Crippen molar-refractivity contribution in [2.45, 2.75) is 6.10 Å². The Hall–Kier alpha value is -2.13. The molecule has 19 heavy (non-hydrogen) atoms. The maximum atomic E-state index is 5.99. The fourth-order valence-corrected chi connectivity index (χ4v) is 2.30. The van der Waals surface area contributed by atoms with Crippen LogP contribution >= 0.6 is 0 Å². The summed E-state index contributed by atoms with van der Waals surface area (Å²) in [6.45, 7) is 1.42. The molecular formula is C16H13NO2. The number of para-hydroxylation sites is 2. The van der Waals surface area contributed by atoms with Gasteiger partial charge in [-0.3, -0.25) is 0 Å². The van der Waals surface area contributed by atoms with Crippen LogP contribution in [-0.4, -0.2) is 24.3 Å². The summed E-state index contributed by atoms with van der Waals surface area (Å²) in [5, 5.41) is 2.11. The third-order valence-electron chi connectivity index (χ3n) is 3.35. The van der Waals surface area contributed by atoms with E-state index in [1.165, 1.54) is 0 Å². The predicted octanol–water partition coefficient (Wildman–Crippen LogP) is 3.17. The van der Waals surface area contributed by atoms with E-state index in [-0.39, 0.29) is 6.10 Å². The Morgan fingerprint density at radius 3 is 2.16 bits per heavy atom. The number of hydrogen-bond acceptors (Lipinski definition) is 3. The largest absolute Gasteiger partial charge is 0.489 e. The third-order valence-corrected chi connectivity index (χ3v) is 3.35. The Labute approximate surface area is 110 Å². The zero-order valence-corrected chi connectivity index (χ0v) is 10.4. The summed E-state index contributed by atoms with van der Waals surface area (Å²) in [5.74, 6) is 0.914. The van der Waals surface area contributed by atoms with Crippen LogP contribution in [0.4, 0.5) is 0 Å². The number of epoxide rings is 1. The van der Waals surface area contributed by atoms with Crippen molar-refractivity contribution in [1.82, 2.24) is 4.98 Å². The Bertz CT molecular complexity index is 696. The molecule has 3 heteroatoms. The molecule has 0 amide bonds. The highest BCUT2D eigenvalue weighted by Crippen LogP contribution is 2.33. The van der Waals surface area contributed by atoms with Crippen LogP contribution in [0.2, 0.25) is 0 Å². The number of fused-ring (bicyclic) bond motifs is 2. The zero-order valence-electron chi connectivity index (χ0n) is 10.4. The molecule has 1 unspecified atom stereocenters. The molecule has 3 aromatic rings. The molecule has 1 aliphatic rings. The number of benzene rings is 2. The van der Waals surface area contributed by atoms with Crippen molar-refractivity contribution in [3.05, 3.63) is 48.5 Å². The Morgan fingerprint density at radius 1 is 1.00 bits per heavy atom. The Morgan fingerprint density at radius 2 is 1.58 bits per heavy atom. The average molecular weight is 251 g/mol. The van der Waals surface area contributed by atoms with Crippen molar-refractivity contribution in [2.24, 2.45) is 0 Å². The van der Waals surface area contributed by atoms with Gasteiger partial charge in [0.15, 0.2) is 0 Å². The van der Waals surface area contributed by atoms with Crippen LogP contribution in [0.15, 0.2) is 48.5 Å². The minimum Gasteiger partial charge on any atom is -0.489 e. The van der Waals surface area contributed by atoms with Gasteiger partial charge in [-0.15, -0.1) is 0 Å².